The number of halogens is 2. The summed E-state index contributed by atoms with van der Waals surface area (Å²) in [6.07, 6.45) is 3.57. The van der Waals surface area contributed by atoms with Crippen molar-refractivity contribution in [3.8, 4) is 0 Å². The minimum atomic E-state index is -0.181. The van der Waals surface area contributed by atoms with Crippen LogP contribution in [0.1, 0.15) is 19.8 Å². The maximum atomic E-state index is 11.6. The van der Waals surface area contributed by atoms with Crippen LogP contribution in [0.5, 0.6) is 0 Å². The highest BCUT2D eigenvalue weighted by Crippen LogP contribution is 2.13. The Labute approximate surface area is 108 Å². The summed E-state index contributed by atoms with van der Waals surface area (Å²) < 4.78 is 7.14. The first-order valence-electron chi connectivity index (χ1n) is 5.15. The van der Waals surface area contributed by atoms with Crippen molar-refractivity contribution in [2.45, 2.75) is 26.3 Å². The second-order valence-corrected chi connectivity index (χ2v) is 4.46. The Bertz CT molecular complexity index is 395. The monoisotopic (exact) mass is 308 g/mol. The van der Waals surface area contributed by atoms with Gasteiger partial charge in [0, 0.05) is 6.61 Å². The van der Waals surface area contributed by atoms with Crippen LogP contribution in [0.4, 0.5) is 0 Å². The molecule has 1 heterocycles. The van der Waals surface area contributed by atoms with Crippen molar-refractivity contribution in [3.05, 3.63) is 26.3 Å². The SMILES string of the molecule is CCCCOCCn1cnc(Cl)c(Br)c1=O. The Kier molecular flexibility index (Phi) is 6.01. The van der Waals surface area contributed by atoms with Gasteiger partial charge in [-0.25, -0.2) is 4.98 Å². The van der Waals surface area contributed by atoms with Gasteiger partial charge < -0.3 is 4.74 Å². The quantitative estimate of drug-likeness (QED) is 0.599. The van der Waals surface area contributed by atoms with Gasteiger partial charge in [-0.05, 0) is 22.4 Å². The van der Waals surface area contributed by atoms with E-state index in [0.29, 0.717) is 17.6 Å². The maximum Gasteiger partial charge on any atom is 0.269 e. The lowest BCUT2D eigenvalue weighted by Gasteiger charge is -2.06. The molecule has 0 aromatic carbocycles. The van der Waals surface area contributed by atoms with E-state index < -0.39 is 0 Å². The number of aromatic nitrogens is 2. The molecule has 90 valence electrons. The Hall–Kier alpha value is -0.390. The molecule has 0 saturated heterocycles. The number of hydrogen-bond donors (Lipinski definition) is 0. The van der Waals surface area contributed by atoms with Crippen LogP contribution in [0.25, 0.3) is 0 Å². The first-order valence-corrected chi connectivity index (χ1v) is 6.32. The summed E-state index contributed by atoms with van der Waals surface area (Å²) in [6, 6.07) is 0. The van der Waals surface area contributed by atoms with Crippen LogP contribution in [0.3, 0.4) is 0 Å². The van der Waals surface area contributed by atoms with E-state index in [-0.39, 0.29) is 10.7 Å². The zero-order chi connectivity index (χ0) is 12.0. The molecule has 0 spiro atoms. The maximum absolute atomic E-state index is 11.6. The topological polar surface area (TPSA) is 44.1 Å². The average molecular weight is 310 g/mol. The van der Waals surface area contributed by atoms with E-state index in [0.717, 1.165) is 19.4 Å². The van der Waals surface area contributed by atoms with Gasteiger partial charge in [-0.3, -0.25) is 9.36 Å². The van der Waals surface area contributed by atoms with Crippen molar-refractivity contribution in [2.24, 2.45) is 0 Å². The van der Waals surface area contributed by atoms with E-state index in [1.807, 2.05) is 0 Å². The molecule has 1 aromatic heterocycles. The van der Waals surface area contributed by atoms with Gasteiger partial charge in [0.2, 0.25) is 0 Å². The number of hydrogen-bond acceptors (Lipinski definition) is 3. The van der Waals surface area contributed by atoms with E-state index in [4.69, 9.17) is 16.3 Å². The third-order valence-corrected chi connectivity index (χ3v) is 3.29. The first-order chi connectivity index (χ1) is 7.66. The Morgan fingerprint density at radius 1 is 1.56 bits per heavy atom. The lowest BCUT2D eigenvalue weighted by molar-refractivity contribution is 0.122. The van der Waals surface area contributed by atoms with E-state index >= 15 is 0 Å². The van der Waals surface area contributed by atoms with Crippen molar-refractivity contribution in [1.29, 1.82) is 0 Å². The molecule has 4 nitrogen and oxygen atoms in total. The lowest BCUT2D eigenvalue weighted by atomic mass is 10.4. The van der Waals surface area contributed by atoms with Gasteiger partial charge in [0.05, 0.1) is 19.5 Å². The highest BCUT2D eigenvalue weighted by Gasteiger charge is 2.06. The Balaban J connectivity index is 2.49. The smallest absolute Gasteiger partial charge is 0.269 e. The molecule has 0 N–H and O–H groups in total. The molecule has 0 aliphatic rings. The fraction of sp³-hybridized carbons (Fsp3) is 0.600. The van der Waals surface area contributed by atoms with Crippen LogP contribution in [0, 0.1) is 0 Å². The Morgan fingerprint density at radius 2 is 2.31 bits per heavy atom. The summed E-state index contributed by atoms with van der Waals surface area (Å²) in [5.41, 5.74) is -0.181. The van der Waals surface area contributed by atoms with Crippen LogP contribution in [0.15, 0.2) is 15.6 Å². The molecule has 1 rings (SSSR count). The zero-order valence-electron chi connectivity index (χ0n) is 9.08. The molecule has 0 atom stereocenters. The molecule has 0 bridgehead atoms. The van der Waals surface area contributed by atoms with E-state index in [2.05, 4.69) is 27.8 Å². The van der Waals surface area contributed by atoms with E-state index in [1.165, 1.54) is 10.9 Å². The van der Waals surface area contributed by atoms with Crippen LogP contribution in [-0.4, -0.2) is 22.8 Å². The number of rotatable bonds is 6. The number of nitrogens with zero attached hydrogens (tertiary/aromatic N) is 2. The predicted octanol–water partition coefficient (Wildman–Crippen LogP) is 2.48. The van der Waals surface area contributed by atoms with Crippen LogP contribution >= 0.6 is 27.5 Å². The van der Waals surface area contributed by atoms with Gasteiger partial charge in [0.25, 0.3) is 5.56 Å². The van der Waals surface area contributed by atoms with Gasteiger partial charge in [0.1, 0.15) is 4.47 Å². The van der Waals surface area contributed by atoms with Crippen molar-refractivity contribution in [3.63, 3.8) is 0 Å². The van der Waals surface area contributed by atoms with Crippen molar-refractivity contribution >= 4 is 27.5 Å². The fourth-order valence-electron chi connectivity index (χ4n) is 1.11. The zero-order valence-corrected chi connectivity index (χ0v) is 11.4. The van der Waals surface area contributed by atoms with E-state index in [1.54, 1.807) is 0 Å². The summed E-state index contributed by atoms with van der Waals surface area (Å²) in [4.78, 5) is 15.5. The molecule has 0 unspecified atom stereocenters. The molecule has 0 radical (unpaired) electrons. The van der Waals surface area contributed by atoms with Crippen LogP contribution < -0.4 is 5.56 Å². The third kappa shape index (κ3) is 3.88. The molecule has 0 aliphatic heterocycles. The summed E-state index contributed by atoms with van der Waals surface area (Å²) >= 11 is 8.78. The first kappa shape index (κ1) is 13.7. The minimum absolute atomic E-state index is 0.181. The number of ether oxygens (including phenoxy) is 1. The van der Waals surface area contributed by atoms with E-state index in [9.17, 15) is 4.79 Å². The highest BCUT2D eigenvalue weighted by atomic mass is 79.9. The number of unbranched alkanes of at least 4 members (excludes halogenated alkanes) is 1. The molecule has 1 aromatic rings. The molecule has 0 aliphatic carbocycles. The van der Waals surface area contributed by atoms with Gasteiger partial charge in [-0.2, -0.15) is 0 Å². The summed E-state index contributed by atoms with van der Waals surface area (Å²) in [7, 11) is 0. The normalized spacial score (nSPS) is 10.7. The summed E-state index contributed by atoms with van der Waals surface area (Å²) in [5, 5.41) is 0.188. The third-order valence-electron chi connectivity index (χ3n) is 2.06. The summed E-state index contributed by atoms with van der Waals surface area (Å²) in [6.45, 7) is 3.84. The predicted molar refractivity (Wildman–Crippen MR) is 66.9 cm³/mol. The fourth-order valence-corrected chi connectivity index (χ4v) is 1.57. The van der Waals surface area contributed by atoms with Gasteiger partial charge in [0.15, 0.2) is 5.15 Å². The van der Waals surface area contributed by atoms with Gasteiger partial charge in [-0.15, -0.1) is 0 Å². The van der Waals surface area contributed by atoms with Gasteiger partial charge >= 0.3 is 0 Å². The molecule has 16 heavy (non-hydrogen) atoms. The van der Waals surface area contributed by atoms with Crippen molar-refractivity contribution in [1.82, 2.24) is 9.55 Å². The average Bonchev–Trinajstić information content (AvgIpc) is 2.28. The van der Waals surface area contributed by atoms with Crippen LogP contribution in [0.2, 0.25) is 5.15 Å². The van der Waals surface area contributed by atoms with Crippen molar-refractivity contribution in [2.75, 3.05) is 13.2 Å². The van der Waals surface area contributed by atoms with Crippen molar-refractivity contribution < 1.29 is 4.74 Å². The molecule has 0 saturated carbocycles. The van der Waals surface area contributed by atoms with Gasteiger partial charge in [-0.1, -0.05) is 24.9 Å². The standard InChI is InChI=1S/C10H14BrClN2O2/c1-2-3-5-16-6-4-14-7-13-9(12)8(11)10(14)15/h7H,2-6H2,1H3. The second kappa shape index (κ2) is 7.04. The molecular weight excluding hydrogens is 295 g/mol. The molecule has 6 heteroatoms. The second-order valence-electron chi connectivity index (χ2n) is 3.31. The lowest BCUT2D eigenvalue weighted by Crippen LogP contribution is -2.23. The molecular formula is C10H14BrClN2O2. The highest BCUT2D eigenvalue weighted by molar-refractivity contribution is 9.10. The molecule has 0 fully saturated rings. The molecule has 0 amide bonds. The summed E-state index contributed by atoms with van der Waals surface area (Å²) in [5.74, 6) is 0. The largest absolute Gasteiger partial charge is 0.380 e. The Morgan fingerprint density at radius 3 is 3.00 bits per heavy atom. The minimum Gasteiger partial charge on any atom is -0.380 e. The van der Waals surface area contributed by atoms with Crippen LogP contribution in [-0.2, 0) is 11.3 Å².